The van der Waals surface area contributed by atoms with Gasteiger partial charge in [0.05, 0.1) is 6.17 Å². The van der Waals surface area contributed by atoms with Crippen molar-refractivity contribution in [2.45, 2.75) is 155 Å². The molecule has 0 fully saturated rings. The number of hydrogen-bond acceptors (Lipinski definition) is 5. The molecule has 33 heavy (non-hydrogen) atoms. The van der Waals surface area contributed by atoms with Gasteiger partial charge in [-0.15, -0.1) is 10.1 Å². The minimum atomic E-state index is -1.50. The van der Waals surface area contributed by atoms with E-state index < -0.39 is 10.8 Å². The summed E-state index contributed by atoms with van der Waals surface area (Å²) in [4.78, 5) is 20.4. The summed E-state index contributed by atoms with van der Waals surface area (Å²) < 4.78 is 0. The molecule has 2 atom stereocenters. The van der Waals surface area contributed by atoms with Crippen molar-refractivity contribution in [1.29, 1.82) is 0 Å². The van der Waals surface area contributed by atoms with Gasteiger partial charge in [0.25, 0.3) is 5.09 Å². The van der Waals surface area contributed by atoms with Crippen LogP contribution in [0.4, 0.5) is 0 Å². The van der Waals surface area contributed by atoms with E-state index in [1.807, 2.05) is 13.8 Å². The van der Waals surface area contributed by atoms with Crippen molar-refractivity contribution < 1.29 is 20.2 Å². The minimum absolute atomic E-state index is 0.0888. The zero-order chi connectivity index (χ0) is 25.4. The van der Waals surface area contributed by atoms with E-state index >= 15 is 0 Å². The highest BCUT2D eigenvalue weighted by atomic mass is 16.9. The molecule has 0 spiro atoms. The maximum Gasteiger partial charge on any atom is 0.291 e. The topological polar surface area (TPSA) is 125 Å². The highest BCUT2D eigenvalue weighted by Gasteiger charge is 2.21. The lowest BCUT2D eigenvalue weighted by molar-refractivity contribution is -0.742. The molecule has 0 rings (SSSR count). The van der Waals surface area contributed by atoms with Crippen LogP contribution in [0.2, 0.25) is 0 Å². The van der Waals surface area contributed by atoms with E-state index in [0.29, 0.717) is 12.8 Å². The SMILES string of the molecule is CCCCCCCCCCCCCCCCCC(=O)NC(CC)NC(C)(O)CC.O=[N+]([O-])O. The predicted octanol–water partition coefficient (Wildman–Crippen LogP) is 6.46. The number of rotatable bonds is 21. The molecule has 8 heteroatoms. The number of nitrogens with one attached hydrogen (secondary N) is 2. The molecule has 0 aliphatic rings. The molecule has 8 nitrogen and oxygen atoms in total. The van der Waals surface area contributed by atoms with E-state index in [0.717, 1.165) is 19.3 Å². The molecule has 0 bridgehead atoms. The summed E-state index contributed by atoms with van der Waals surface area (Å²) in [5.41, 5.74) is -0.928. The molecule has 0 aromatic heterocycles. The second-order valence-corrected chi connectivity index (χ2v) is 9.24. The summed E-state index contributed by atoms with van der Waals surface area (Å²) in [5.74, 6) is 0.0888. The Bertz CT molecular complexity index is 457. The summed E-state index contributed by atoms with van der Waals surface area (Å²) >= 11 is 0. The normalized spacial score (nSPS) is 13.5. The number of carbonyl (C=O) groups excluding carboxylic acids is 1. The molecule has 0 aliphatic carbocycles. The Balaban J connectivity index is 0. The second kappa shape index (κ2) is 23.7. The van der Waals surface area contributed by atoms with Gasteiger partial charge in [0.1, 0.15) is 5.72 Å². The molecule has 4 N–H and O–H groups in total. The van der Waals surface area contributed by atoms with Gasteiger partial charge in [0, 0.05) is 6.42 Å². The first kappa shape index (κ1) is 33.8. The zero-order valence-corrected chi connectivity index (χ0v) is 21.9. The number of nitrogens with zero attached hydrogens (tertiary/aromatic N) is 1. The molecule has 0 heterocycles. The first-order valence-electron chi connectivity index (χ1n) is 13.3. The van der Waals surface area contributed by atoms with Crippen molar-refractivity contribution in [3.63, 3.8) is 0 Å². The lowest BCUT2D eigenvalue weighted by Crippen LogP contribution is -2.54. The van der Waals surface area contributed by atoms with Crippen molar-refractivity contribution in [2.24, 2.45) is 0 Å². The number of amides is 1. The van der Waals surface area contributed by atoms with Crippen molar-refractivity contribution in [3.8, 4) is 0 Å². The number of unbranched alkanes of at least 4 members (excludes halogenated alkanes) is 14. The van der Waals surface area contributed by atoms with E-state index in [2.05, 4.69) is 17.6 Å². The third-order valence-corrected chi connectivity index (χ3v) is 5.92. The highest BCUT2D eigenvalue weighted by Crippen LogP contribution is 2.14. The van der Waals surface area contributed by atoms with Crippen LogP contribution in [0.15, 0.2) is 0 Å². The summed E-state index contributed by atoms with van der Waals surface area (Å²) in [7, 11) is 0. The van der Waals surface area contributed by atoms with E-state index in [-0.39, 0.29) is 12.1 Å². The van der Waals surface area contributed by atoms with Crippen LogP contribution in [0.25, 0.3) is 0 Å². The predicted molar refractivity (Wildman–Crippen MR) is 135 cm³/mol. The van der Waals surface area contributed by atoms with Crippen LogP contribution in [-0.2, 0) is 4.79 Å². The quantitative estimate of drug-likeness (QED) is 0.0653. The van der Waals surface area contributed by atoms with E-state index in [1.54, 1.807) is 6.92 Å². The molecule has 0 radical (unpaired) electrons. The molecule has 0 aliphatic heterocycles. The highest BCUT2D eigenvalue weighted by molar-refractivity contribution is 5.76. The first-order chi connectivity index (χ1) is 15.7. The molecule has 0 saturated carbocycles. The Kier molecular flexibility index (Phi) is 24.3. The largest absolute Gasteiger partial charge is 0.376 e. The molecular formula is C25H53N3O5. The Morgan fingerprint density at radius 1 is 0.848 bits per heavy atom. The maximum absolute atomic E-state index is 12.1. The van der Waals surface area contributed by atoms with E-state index in [1.165, 1.54) is 83.5 Å². The van der Waals surface area contributed by atoms with Gasteiger partial charge in [-0.1, -0.05) is 111 Å². The van der Waals surface area contributed by atoms with Crippen LogP contribution in [0.3, 0.4) is 0 Å². The average molecular weight is 476 g/mol. The van der Waals surface area contributed by atoms with Gasteiger partial charge in [-0.2, -0.15) is 0 Å². The molecule has 2 unspecified atom stereocenters. The van der Waals surface area contributed by atoms with Gasteiger partial charge >= 0.3 is 0 Å². The van der Waals surface area contributed by atoms with Gasteiger partial charge in [0.2, 0.25) is 5.91 Å². The first-order valence-corrected chi connectivity index (χ1v) is 13.3. The van der Waals surface area contributed by atoms with Crippen molar-refractivity contribution in [3.05, 3.63) is 10.1 Å². The third kappa shape index (κ3) is 28.6. The number of aliphatic hydroxyl groups is 1. The smallest absolute Gasteiger partial charge is 0.291 e. The molecular weight excluding hydrogens is 422 g/mol. The van der Waals surface area contributed by atoms with Crippen LogP contribution in [0.5, 0.6) is 0 Å². The monoisotopic (exact) mass is 475 g/mol. The van der Waals surface area contributed by atoms with Gasteiger partial charge in [-0.25, -0.2) is 0 Å². The third-order valence-electron chi connectivity index (χ3n) is 5.92. The Morgan fingerprint density at radius 2 is 1.21 bits per heavy atom. The van der Waals surface area contributed by atoms with E-state index in [4.69, 9.17) is 15.3 Å². The molecule has 0 aromatic carbocycles. The minimum Gasteiger partial charge on any atom is -0.376 e. The molecule has 0 aromatic rings. The molecule has 0 saturated heterocycles. The Morgan fingerprint density at radius 3 is 1.55 bits per heavy atom. The summed E-state index contributed by atoms with van der Waals surface area (Å²) in [6.45, 7) is 7.96. The van der Waals surface area contributed by atoms with Crippen LogP contribution in [-0.4, -0.2) is 33.2 Å². The summed E-state index contributed by atoms with van der Waals surface area (Å²) in [5, 5.41) is 29.8. The average Bonchev–Trinajstić information content (AvgIpc) is 2.75. The van der Waals surface area contributed by atoms with Crippen molar-refractivity contribution in [2.75, 3.05) is 0 Å². The summed E-state index contributed by atoms with van der Waals surface area (Å²) in [6, 6.07) is 0. The second-order valence-electron chi connectivity index (χ2n) is 9.24. The molecule has 1 amide bonds. The fraction of sp³-hybridized carbons (Fsp3) is 0.960. The van der Waals surface area contributed by atoms with E-state index in [9.17, 15) is 9.90 Å². The van der Waals surface area contributed by atoms with Crippen molar-refractivity contribution in [1.82, 2.24) is 10.6 Å². The van der Waals surface area contributed by atoms with Gasteiger partial charge in [-0.05, 0) is 26.2 Å². The fourth-order valence-corrected chi connectivity index (χ4v) is 3.64. The Labute approximate surface area is 202 Å². The number of hydrogen-bond donors (Lipinski definition) is 4. The number of carbonyl (C=O) groups is 1. The van der Waals surface area contributed by atoms with Gasteiger partial charge in [-0.3, -0.25) is 10.1 Å². The van der Waals surface area contributed by atoms with Crippen LogP contribution in [0, 0.1) is 10.1 Å². The van der Waals surface area contributed by atoms with Crippen LogP contribution >= 0.6 is 0 Å². The van der Waals surface area contributed by atoms with Gasteiger partial charge in [0.15, 0.2) is 0 Å². The fourth-order valence-electron chi connectivity index (χ4n) is 3.64. The lowest BCUT2D eigenvalue weighted by atomic mass is 10.0. The summed E-state index contributed by atoms with van der Waals surface area (Å²) in [6.07, 6.45) is 21.8. The van der Waals surface area contributed by atoms with Crippen molar-refractivity contribution >= 4 is 5.91 Å². The van der Waals surface area contributed by atoms with Crippen LogP contribution in [0.1, 0.15) is 143 Å². The Hall–Kier alpha value is -1.41. The molecule has 198 valence electrons. The van der Waals surface area contributed by atoms with Crippen LogP contribution < -0.4 is 10.6 Å². The lowest BCUT2D eigenvalue weighted by Gasteiger charge is -2.29. The zero-order valence-electron chi connectivity index (χ0n) is 21.9. The standard InChI is InChI=1S/C25H52N2O2.HNO3/c1-5-8-9-10-11-12-13-14-15-16-17-18-19-20-21-22-24(28)26-23(6-2)27-25(4,29)7-3;2-1(3)4/h23,27,29H,5-22H2,1-4H3,(H,26,28);(H,2,3,4). The maximum atomic E-state index is 12.1. The van der Waals surface area contributed by atoms with Gasteiger partial charge < -0.3 is 15.6 Å².